The number of ether oxygens (including phenoxy) is 1. The molecule has 0 radical (unpaired) electrons. The van der Waals surface area contributed by atoms with Gasteiger partial charge >= 0.3 is 12.1 Å². The van der Waals surface area contributed by atoms with E-state index in [1.54, 1.807) is 0 Å². The Balaban J connectivity index is 1.21. The molecule has 2 saturated carbocycles. The van der Waals surface area contributed by atoms with Crippen LogP contribution in [0.1, 0.15) is 62.0 Å². The standard InChI is InChI=1S/C27H30N2O5/c30-24(31)17-7-5-8-18(15-17)28-25(32)27(13-6-14-27)29-26(33)34-16-23-21-11-3-1-9-19(21)20-10-2-4-12-22(20)23/h1-4,9-12,17-18,23H,5-8,13-16H2,(H,28,32)(H,29,33)(H,30,31). The van der Waals surface area contributed by atoms with Crippen molar-refractivity contribution < 1.29 is 24.2 Å². The van der Waals surface area contributed by atoms with Gasteiger partial charge in [0.25, 0.3) is 0 Å². The lowest BCUT2D eigenvalue weighted by atomic mass is 9.75. The Hall–Kier alpha value is -3.35. The highest BCUT2D eigenvalue weighted by atomic mass is 16.5. The molecule has 2 atom stereocenters. The van der Waals surface area contributed by atoms with Gasteiger partial charge in [-0.15, -0.1) is 0 Å². The molecule has 0 aromatic heterocycles. The summed E-state index contributed by atoms with van der Waals surface area (Å²) in [5.41, 5.74) is 3.62. The number of amides is 2. The van der Waals surface area contributed by atoms with E-state index in [4.69, 9.17) is 4.74 Å². The average Bonchev–Trinajstić information content (AvgIpc) is 3.14. The van der Waals surface area contributed by atoms with Crippen LogP contribution in [0.25, 0.3) is 11.1 Å². The highest BCUT2D eigenvalue weighted by Crippen LogP contribution is 2.44. The smallest absolute Gasteiger partial charge is 0.408 e. The topological polar surface area (TPSA) is 105 Å². The number of aliphatic carboxylic acids is 1. The first kappa shape index (κ1) is 22.4. The van der Waals surface area contributed by atoms with Crippen molar-refractivity contribution in [1.29, 1.82) is 0 Å². The summed E-state index contributed by atoms with van der Waals surface area (Å²) in [6, 6.07) is 16.1. The van der Waals surface area contributed by atoms with Crippen LogP contribution >= 0.6 is 0 Å². The number of benzene rings is 2. The zero-order valence-corrected chi connectivity index (χ0v) is 19.1. The molecule has 0 heterocycles. The molecule has 7 heteroatoms. The first-order chi connectivity index (χ1) is 16.5. The monoisotopic (exact) mass is 462 g/mol. The van der Waals surface area contributed by atoms with E-state index in [0.29, 0.717) is 25.7 Å². The number of carboxylic acid groups (broad SMARTS) is 1. The van der Waals surface area contributed by atoms with Crippen LogP contribution in [0.2, 0.25) is 0 Å². The van der Waals surface area contributed by atoms with E-state index in [1.165, 1.54) is 0 Å². The molecule has 2 aromatic rings. The van der Waals surface area contributed by atoms with Crippen molar-refractivity contribution in [2.24, 2.45) is 5.92 Å². The summed E-state index contributed by atoms with van der Waals surface area (Å²) in [4.78, 5) is 37.2. The minimum absolute atomic E-state index is 0.0421. The van der Waals surface area contributed by atoms with Crippen molar-refractivity contribution in [3.63, 3.8) is 0 Å². The number of carboxylic acids is 1. The van der Waals surface area contributed by atoms with Gasteiger partial charge in [-0.2, -0.15) is 0 Å². The number of carbonyl (C=O) groups excluding carboxylic acids is 2. The zero-order chi connectivity index (χ0) is 23.7. The second-order valence-electron chi connectivity index (χ2n) is 9.76. The van der Waals surface area contributed by atoms with Crippen molar-refractivity contribution in [1.82, 2.24) is 10.6 Å². The number of nitrogens with one attached hydrogen (secondary N) is 2. The molecule has 2 unspecified atom stereocenters. The number of alkyl carbamates (subject to hydrolysis) is 1. The Kier molecular flexibility index (Phi) is 6.02. The Morgan fingerprint density at radius 2 is 1.59 bits per heavy atom. The molecule has 178 valence electrons. The van der Waals surface area contributed by atoms with Gasteiger partial charge in [-0.1, -0.05) is 55.0 Å². The minimum Gasteiger partial charge on any atom is -0.481 e. The third-order valence-corrected chi connectivity index (χ3v) is 7.69. The van der Waals surface area contributed by atoms with Gasteiger partial charge in [-0.25, -0.2) is 4.79 Å². The fraction of sp³-hybridized carbons (Fsp3) is 0.444. The highest BCUT2D eigenvalue weighted by molar-refractivity contribution is 5.91. The lowest BCUT2D eigenvalue weighted by molar-refractivity contribution is -0.143. The SMILES string of the molecule is O=C(NC1(C(=O)NC2CCCC(C(=O)O)C2)CCC1)OCC1c2ccccc2-c2ccccc21. The fourth-order valence-electron chi connectivity index (χ4n) is 5.64. The van der Waals surface area contributed by atoms with Gasteiger partial charge < -0.3 is 20.5 Å². The number of hydrogen-bond acceptors (Lipinski definition) is 4. The highest BCUT2D eigenvalue weighted by Gasteiger charge is 2.47. The Labute approximate surface area is 198 Å². The molecule has 7 nitrogen and oxygen atoms in total. The molecule has 0 aliphatic heterocycles. The van der Waals surface area contributed by atoms with Crippen LogP contribution in [0.4, 0.5) is 4.79 Å². The normalized spacial score (nSPS) is 22.6. The molecule has 3 aliphatic rings. The molecule has 0 saturated heterocycles. The van der Waals surface area contributed by atoms with E-state index in [9.17, 15) is 19.5 Å². The van der Waals surface area contributed by atoms with Crippen LogP contribution < -0.4 is 10.6 Å². The summed E-state index contributed by atoms with van der Waals surface area (Å²) in [5, 5.41) is 15.1. The maximum Gasteiger partial charge on any atom is 0.408 e. The third kappa shape index (κ3) is 4.15. The van der Waals surface area contributed by atoms with E-state index >= 15 is 0 Å². The zero-order valence-electron chi connectivity index (χ0n) is 19.1. The van der Waals surface area contributed by atoms with Crippen LogP contribution in [-0.2, 0) is 14.3 Å². The fourth-order valence-corrected chi connectivity index (χ4v) is 5.64. The summed E-state index contributed by atoms with van der Waals surface area (Å²) < 4.78 is 5.65. The number of carbonyl (C=O) groups is 3. The molecule has 3 N–H and O–H groups in total. The molecular formula is C27H30N2O5. The molecule has 2 aromatic carbocycles. The summed E-state index contributed by atoms with van der Waals surface area (Å²) in [6.07, 6.45) is 3.97. The van der Waals surface area contributed by atoms with Crippen molar-refractivity contribution in [2.75, 3.05) is 6.61 Å². The van der Waals surface area contributed by atoms with E-state index in [-0.39, 0.29) is 24.5 Å². The van der Waals surface area contributed by atoms with Crippen LogP contribution in [0.15, 0.2) is 48.5 Å². The Bertz CT molecular complexity index is 1060. The van der Waals surface area contributed by atoms with Crippen molar-refractivity contribution in [3.05, 3.63) is 59.7 Å². The molecule has 0 spiro atoms. The molecule has 34 heavy (non-hydrogen) atoms. The summed E-state index contributed by atoms with van der Waals surface area (Å²) in [6.45, 7) is 0.195. The van der Waals surface area contributed by atoms with Gasteiger partial charge in [-0.3, -0.25) is 9.59 Å². The number of fused-ring (bicyclic) bond motifs is 3. The maximum absolute atomic E-state index is 13.1. The largest absolute Gasteiger partial charge is 0.481 e. The van der Waals surface area contributed by atoms with Crippen molar-refractivity contribution in [2.45, 2.75) is 62.4 Å². The van der Waals surface area contributed by atoms with Crippen LogP contribution in [0.5, 0.6) is 0 Å². The van der Waals surface area contributed by atoms with Gasteiger partial charge in [0.05, 0.1) is 5.92 Å². The van der Waals surface area contributed by atoms with E-state index in [1.807, 2.05) is 24.3 Å². The van der Waals surface area contributed by atoms with Gasteiger partial charge in [0.15, 0.2) is 0 Å². The minimum atomic E-state index is -0.973. The molecule has 0 bridgehead atoms. The second kappa shape index (κ2) is 9.12. The lowest BCUT2D eigenvalue weighted by Crippen LogP contribution is -2.64. The molecule has 2 fully saturated rings. The Morgan fingerprint density at radius 1 is 0.941 bits per heavy atom. The predicted octanol–water partition coefficient (Wildman–Crippen LogP) is 4.21. The number of hydrogen-bond donors (Lipinski definition) is 3. The lowest BCUT2D eigenvalue weighted by Gasteiger charge is -2.41. The average molecular weight is 463 g/mol. The first-order valence-corrected chi connectivity index (χ1v) is 12.1. The third-order valence-electron chi connectivity index (χ3n) is 7.69. The molecule has 5 rings (SSSR count). The predicted molar refractivity (Wildman–Crippen MR) is 126 cm³/mol. The van der Waals surface area contributed by atoms with Crippen molar-refractivity contribution in [3.8, 4) is 11.1 Å². The molecule has 2 amide bonds. The first-order valence-electron chi connectivity index (χ1n) is 12.1. The van der Waals surface area contributed by atoms with Crippen LogP contribution in [-0.4, -0.2) is 41.3 Å². The molecular weight excluding hydrogens is 432 g/mol. The van der Waals surface area contributed by atoms with E-state index in [0.717, 1.165) is 41.5 Å². The second-order valence-corrected chi connectivity index (χ2v) is 9.76. The van der Waals surface area contributed by atoms with E-state index < -0.39 is 23.5 Å². The van der Waals surface area contributed by atoms with Crippen LogP contribution in [0, 0.1) is 5.92 Å². The van der Waals surface area contributed by atoms with Crippen LogP contribution in [0.3, 0.4) is 0 Å². The van der Waals surface area contributed by atoms with Gasteiger partial charge in [0.2, 0.25) is 5.91 Å². The van der Waals surface area contributed by atoms with Gasteiger partial charge in [-0.05, 0) is 60.8 Å². The summed E-state index contributed by atoms with van der Waals surface area (Å²) in [5.74, 6) is -1.51. The quantitative estimate of drug-likeness (QED) is 0.597. The summed E-state index contributed by atoms with van der Waals surface area (Å²) in [7, 11) is 0. The van der Waals surface area contributed by atoms with E-state index in [2.05, 4.69) is 34.9 Å². The van der Waals surface area contributed by atoms with Gasteiger partial charge in [0.1, 0.15) is 12.1 Å². The number of rotatable bonds is 6. The van der Waals surface area contributed by atoms with Gasteiger partial charge in [0, 0.05) is 12.0 Å². The Morgan fingerprint density at radius 3 is 2.18 bits per heavy atom. The summed E-state index contributed by atoms with van der Waals surface area (Å²) >= 11 is 0. The molecule has 3 aliphatic carbocycles. The van der Waals surface area contributed by atoms with Crippen molar-refractivity contribution >= 4 is 18.0 Å². The maximum atomic E-state index is 13.1.